The minimum Gasteiger partial charge on any atom is -0.496 e. The van der Waals surface area contributed by atoms with Crippen molar-refractivity contribution < 1.29 is 19.1 Å². The maximum atomic E-state index is 12.6. The fourth-order valence-electron chi connectivity index (χ4n) is 2.68. The number of rotatable bonds is 7. The zero-order chi connectivity index (χ0) is 19.3. The Morgan fingerprint density at radius 2 is 1.77 bits per heavy atom. The van der Waals surface area contributed by atoms with E-state index in [-0.39, 0.29) is 11.7 Å². The number of methoxy groups -OCH3 is 1. The summed E-state index contributed by atoms with van der Waals surface area (Å²) in [5, 5.41) is 2.99. The van der Waals surface area contributed by atoms with E-state index in [2.05, 4.69) is 5.32 Å². The van der Waals surface area contributed by atoms with Gasteiger partial charge in [0.05, 0.1) is 12.6 Å². The van der Waals surface area contributed by atoms with E-state index in [1.807, 2.05) is 38.1 Å². The first-order valence-electron chi connectivity index (χ1n) is 8.48. The molecule has 1 atom stereocenters. The molecule has 0 radical (unpaired) electrons. The zero-order valence-electron chi connectivity index (χ0n) is 15.8. The van der Waals surface area contributed by atoms with E-state index in [0.29, 0.717) is 17.1 Å². The normalized spacial score (nSPS) is 12.2. The first-order valence-corrected chi connectivity index (χ1v) is 8.48. The number of para-hydroxylation sites is 1. The third-order valence-electron chi connectivity index (χ3n) is 4.14. The Morgan fingerprint density at radius 1 is 1.08 bits per heavy atom. The smallest absolute Gasteiger partial charge is 0.261 e. The molecule has 0 saturated heterocycles. The number of Topliss-reactive ketones (excluding diaryl/α,β-unsaturated/α-hetero) is 1. The van der Waals surface area contributed by atoms with E-state index in [1.54, 1.807) is 38.3 Å². The Hall–Kier alpha value is -2.82. The van der Waals surface area contributed by atoms with Crippen LogP contribution in [0.1, 0.15) is 43.6 Å². The fraction of sp³-hybridized carbons (Fsp3) is 0.333. The van der Waals surface area contributed by atoms with Gasteiger partial charge in [-0.2, -0.15) is 0 Å². The van der Waals surface area contributed by atoms with Gasteiger partial charge in [0, 0.05) is 11.1 Å². The number of carbonyl (C=O) groups is 2. The van der Waals surface area contributed by atoms with E-state index in [4.69, 9.17) is 9.47 Å². The lowest BCUT2D eigenvalue weighted by Gasteiger charge is -2.30. The van der Waals surface area contributed by atoms with Crippen LogP contribution in [0.5, 0.6) is 11.5 Å². The molecule has 5 heteroatoms. The lowest BCUT2D eigenvalue weighted by atomic mass is 9.93. The van der Waals surface area contributed by atoms with E-state index >= 15 is 0 Å². The number of carbonyl (C=O) groups excluding carboxylic acids is 2. The average Bonchev–Trinajstić information content (AvgIpc) is 2.61. The molecule has 0 saturated carbocycles. The maximum Gasteiger partial charge on any atom is 0.261 e. The van der Waals surface area contributed by atoms with E-state index in [0.717, 1.165) is 5.56 Å². The topological polar surface area (TPSA) is 64.6 Å². The van der Waals surface area contributed by atoms with Gasteiger partial charge in [-0.15, -0.1) is 0 Å². The Balaban J connectivity index is 2.11. The molecule has 1 unspecified atom stereocenters. The first kappa shape index (κ1) is 19.5. The number of amides is 1. The highest BCUT2D eigenvalue weighted by atomic mass is 16.5. The predicted molar refractivity (Wildman–Crippen MR) is 101 cm³/mol. The molecule has 0 heterocycles. The summed E-state index contributed by atoms with van der Waals surface area (Å²) in [4.78, 5) is 24.1. The highest BCUT2D eigenvalue weighted by Gasteiger charge is 2.28. The van der Waals surface area contributed by atoms with Crippen LogP contribution in [0, 0.1) is 0 Å². The number of hydrogen-bond acceptors (Lipinski definition) is 4. The molecular weight excluding hydrogens is 330 g/mol. The molecular formula is C21H25NO4. The number of benzene rings is 2. The van der Waals surface area contributed by atoms with Crippen LogP contribution in [0.2, 0.25) is 0 Å². The summed E-state index contributed by atoms with van der Waals surface area (Å²) < 4.78 is 11.1. The summed E-state index contributed by atoms with van der Waals surface area (Å²) in [7, 11) is 1.60. The summed E-state index contributed by atoms with van der Waals surface area (Å²) in [6.45, 7) is 6.98. The first-order chi connectivity index (χ1) is 12.2. The minimum absolute atomic E-state index is 0.0511. The molecule has 138 valence electrons. The Morgan fingerprint density at radius 3 is 2.42 bits per heavy atom. The Kier molecular flexibility index (Phi) is 6.03. The van der Waals surface area contributed by atoms with Gasteiger partial charge in [-0.3, -0.25) is 9.59 Å². The molecule has 0 aliphatic heterocycles. The lowest BCUT2D eigenvalue weighted by molar-refractivity contribution is -0.129. The van der Waals surface area contributed by atoms with E-state index in [9.17, 15) is 9.59 Å². The molecule has 5 nitrogen and oxygen atoms in total. The second kappa shape index (κ2) is 8.04. The van der Waals surface area contributed by atoms with Crippen molar-refractivity contribution in [2.45, 2.75) is 39.3 Å². The average molecular weight is 355 g/mol. The van der Waals surface area contributed by atoms with Crippen LogP contribution >= 0.6 is 0 Å². The quantitative estimate of drug-likeness (QED) is 0.769. The second-order valence-electron chi connectivity index (χ2n) is 6.66. The largest absolute Gasteiger partial charge is 0.496 e. The molecule has 0 fully saturated rings. The van der Waals surface area contributed by atoms with E-state index in [1.165, 1.54) is 6.92 Å². The molecule has 0 aromatic heterocycles. The maximum absolute atomic E-state index is 12.6. The van der Waals surface area contributed by atoms with Gasteiger partial charge in [-0.1, -0.05) is 30.3 Å². The van der Waals surface area contributed by atoms with Crippen molar-refractivity contribution >= 4 is 11.7 Å². The van der Waals surface area contributed by atoms with Crippen molar-refractivity contribution in [1.29, 1.82) is 0 Å². The molecule has 1 N–H and O–H groups in total. The third kappa shape index (κ3) is 4.63. The van der Waals surface area contributed by atoms with Gasteiger partial charge < -0.3 is 14.8 Å². The van der Waals surface area contributed by atoms with Crippen molar-refractivity contribution in [2.24, 2.45) is 0 Å². The number of ether oxygens (including phenoxy) is 2. The van der Waals surface area contributed by atoms with Gasteiger partial charge >= 0.3 is 0 Å². The SMILES string of the molecule is COc1ccccc1C(C)(C)NC(=O)C(C)Oc1cccc(C(C)=O)c1. The zero-order valence-corrected chi connectivity index (χ0v) is 15.8. The van der Waals surface area contributed by atoms with Crippen LogP contribution in [0.3, 0.4) is 0 Å². The summed E-state index contributed by atoms with van der Waals surface area (Å²) in [6, 6.07) is 14.4. The molecule has 2 aromatic rings. The van der Waals surface area contributed by atoms with Crippen molar-refractivity contribution in [3.05, 3.63) is 59.7 Å². The number of hydrogen-bond donors (Lipinski definition) is 1. The van der Waals surface area contributed by atoms with Crippen LogP contribution in [-0.2, 0) is 10.3 Å². The molecule has 0 aliphatic carbocycles. The molecule has 1 amide bonds. The lowest BCUT2D eigenvalue weighted by Crippen LogP contribution is -2.46. The van der Waals surface area contributed by atoms with Gasteiger partial charge in [-0.05, 0) is 45.9 Å². The van der Waals surface area contributed by atoms with Crippen molar-refractivity contribution in [3.8, 4) is 11.5 Å². The summed E-state index contributed by atoms with van der Waals surface area (Å²) in [6.07, 6.45) is -0.716. The standard InChI is InChI=1S/C21H25NO4/c1-14(23)16-9-8-10-17(13-16)26-15(2)20(24)22-21(3,4)18-11-6-7-12-19(18)25-5/h6-13,15H,1-5H3,(H,22,24). The van der Waals surface area contributed by atoms with Gasteiger partial charge in [0.1, 0.15) is 11.5 Å². The molecule has 2 aromatic carbocycles. The van der Waals surface area contributed by atoms with Crippen molar-refractivity contribution in [2.75, 3.05) is 7.11 Å². The van der Waals surface area contributed by atoms with Crippen LogP contribution in [0.25, 0.3) is 0 Å². The monoisotopic (exact) mass is 355 g/mol. The summed E-state index contributed by atoms with van der Waals surface area (Å²) in [5.74, 6) is 0.884. The Bertz CT molecular complexity index is 798. The van der Waals surface area contributed by atoms with Gasteiger partial charge in [0.15, 0.2) is 11.9 Å². The van der Waals surface area contributed by atoms with Gasteiger partial charge in [0.25, 0.3) is 5.91 Å². The second-order valence-corrected chi connectivity index (χ2v) is 6.66. The predicted octanol–water partition coefficient (Wildman–Crippen LogP) is 3.72. The van der Waals surface area contributed by atoms with Crippen LogP contribution in [0.4, 0.5) is 0 Å². The van der Waals surface area contributed by atoms with Crippen molar-refractivity contribution in [3.63, 3.8) is 0 Å². The van der Waals surface area contributed by atoms with Crippen LogP contribution in [0.15, 0.2) is 48.5 Å². The molecule has 26 heavy (non-hydrogen) atoms. The van der Waals surface area contributed by atoms with Gasteiger partial charge in [-0.25, -0.2) is 0 Å². The van der Waals surface area contributed by atoms with Crippen LogP contribution < -0.4 is 14.8 Å². The van der Waals surface area contributed by atoms with E-state index < -0.39 is 11.6 Å². The third-order valence-corrected chi connectivity index (χ3v) is 4.14. The highest BCUT2D eigenvalue weighted by Crippen LogP contribution is 2.29. The number of nitrogens with one attached hydrogen (secondary N) is 1. The molecule has 0 spiro atoms. The molecule has 2 rings (SSSR count). The van der Waals surface area contributed by atoms with Crippen LogP contribution in [-0.4, -0.2) is 24.9 Å². The van der Waals surface area contributed by atoms with Gasteiger partial charge in [0.2, 0.25) is 0 Å². The molecule has 0 bridgehead atoms. The Labute approximate surface area is 154 Å². The fourth-order valence-corrected chi connectivity index (χ4v) is 2.68. The van der Waals surface area contributed by atoms with Crippen molar-refractivity contribution in [1.82, 2.24) is 5.32 Å². The summed E-state index contributed by atoms with van der Waals surface area (Å²) >= 11 is 0. The highest BCUT2D eigenvalue weighted by molar-refractivity contribution is 5.94. The number of ketones is 1. The molecule has 0 aliphatic rings. The summed E-state index contributed by atoms with van der Waals surface area (Å²) in [5.41, 5.74) is 0.786. The minimum atomic E-state index is -0.716.